The van der Waals surface area contributed by atoms with E-state index in [4.69, 9.17) is 32.5 Å². The zero-order valence-corrected chi connectivity index (χ0v) is 22.7. The number of amides is 1. The molecule has 8 atom stereocenters. The van der Waals surface area contributed by atoms with Crippen LogP contribution in [0.4, 0.5) is 4.79 Å². The molecule has 34 heavy (non-hydrogen) atoms. The molecule has 2 N–H and O–H groups in total. The Kier molecular flexibility index (Phi) is 8.24. The molecule has 4 fully saturated rings. The van der Waals surface area contributed by atoms with Crippen molar-refractivity contribution in [2.75, 3.05) is 24.8 Å². The third-order valence-electron chi connectivity index (χ3n) is 10.0. The fourth-order valence-electron chi connectivity index (χ4n) is 8.33. The summed E-state index contributed by atoms with van der Waals surface area (Å²) in [5, 5.41) is 0. The van der Waals surface area contributed by atoms with E-state index < -0.39 is 7.82 Å². The molecule has 0 aromatic rings. The van der Waals surface area contributed by atoms with Crippen LogP contribution in [0.1, 0.15) is 71.6 Å². The molecular weight excluding hydrogens is 500 g/mol. The third kappa shape index (κ3) is 5.17. The van der Waals surface area contributed by atoms with Crippen molar-refractivity contribution < 1.29 is 28.4 Å². The van der Waals surface area contributed by atoms with Gasteiger partial charge in [0.1, 0.15) is 6.10 Å². The number of alkyl halides is 2. The van der Waals surface area contributed by atoms with Gasteiger partial charge in [-0.1, -0.05) is 13.8 Å². The standard InChI is InChI=1S/C24H40Cl2NO6P/c1-23-9-7-17(32-22(28)27(13-11-25)14-12-26)15-16(23)3-4-18-19-5-6-21(33-34(29,30)31)24(19,2)10-8-20(18)23/h16-21H,3-15H2,1-2H3,(H2,29,30,31)/t16-,17+,18+,19+,20+,21+,23+,24+/m1/s1. The van der Waals surface area contributed by atoms with Crippen LogP contribution in [0, 0.1) is 34.5 Å². The molecule has 4 aliphatic carbocycles. The molecule has 4 rings (SSSR count). The van der Waals surface area contributed by atoms with E-state index in [9.17, 15) is 19.1 Å². The molecule has 0 bridgehead atoms. The Balaban J connectivity index is 1.41. The number of halogens is 2. The van der Waals surface area contributed by atoms with Crippen LogP contribution in [0.2, 0.25) is 0 Å². The molecule has 0 unspecified atom stereocenters. The fourth-order valence-corrected chi connectivity index (χ4v) is 9.42. The maximum Gasteiger partial charge on any atom is 0.469 e. The van der Waals surface area contributed by atoms with Crippen molar-refractivity contribution in [1.29, 1.82) is 0 Å². The number of fused-ring (bicyclic) bond motifs is 5. The predicted octanol–water partition coefficient (Wildman–Crippen LogP) is 5.79. The molecule has 1 amide bonds. The normalized spacial score (nSPS) is 41.8. The second kappa shape index (κ2) is 10.4. The zero-order chi connectivity index (χ0) is 24.7. The number of hydrogen-bond donors (Lipinski definition) is 2. The number of hydrogen-bond acceptors (Lipinski definition) is 4. The highest BCUT2D eigenvalue weighted by molar-refractivity contribution is 7.46. The van der Waals surface area contributed by atoms with Crippen LogP contribution in [-0.4, -0.2) is 57.8 Å². The average Bonchev–Trinajstić information content (AvgIpc) is 3.08. The number of nitrogens with zero attached hydrogens (tertiary/aromatic N) is 1. The Bertz CT molecular complexity index is 791. The van der Waals surface area contributed by atoms with Crippen LogP contribution < -0.4 is 0 Å². The first-order chi connectivity index (χ1) is 16.0. The molecule has 0 saturated heterocycles. The SMILES string of the molecule is C[C@]12CC[C@H](OC(=O)N(CCCl)CCCl)C[C@H]1CC[C@@H]1[C@@H]2CC[C@]2(C)[C@@H](OP(=O)(O)O)CC[C@@H]12. The number of ether oxygens (including phenoxy) is 1. The van der Waals surface area contributed by atoms with Crippen LogP contribution in [0.15, 0.2) is 0 Å². The third-order valence-corrected chi connectivity index (χ3v) is 10.9. The van der Waals surface area contributed by atoms with Gasteiger partial charge in [-0.2, -0.15) is 0 Å². The highest BCUT2D eigenvalue weighted by Crippen LogP contribution is 2.67. The molecule has 0 aromatic heterocycles. The lowest BCUT2D eigenvalue weighted by Crippen LogP contribution is -2.55. The second-order valence-corrected chi connectivity index (χ2v) is 13.5. The molecule has 0 aliphatic heterocycles. The van der Waals surface area contributed by atoms with Gasteiger partial charge < -0.3 is 19.4 Å². The summed E-state index contributed by atoms with van der Waals surface area (Å²) in [7, 11) is -4.49. The minimum absolute atomic E-state index is 0.0587. The van der Waals surface area contributed by atoms with E-state index in [2.05, 4.69) is 13.8 Å². The number of rotatable bonds is 7. The molecule has 4 saturated carbocycles. The van der Waals surface area contributed by atoms with Gasteiger partial charge in [-0.25, -0.2) is 9.36 Å². The minimum atomic E-state index is -4.49. The molecule has 4 aliphatic rings. The summed E-state index contributed by atoms with van der Waals surface area (Å²) in [4.78, 5) is 33.1. The topological polar surface area (TPSA) is 96.3 Å². The van der Waals surface area contributed by atoms with E-state index in [-0.39, 0.29) is 29.1 Å². The van der Waals surface area contributed by atoms with E-state index in [0.29, 0.717) is 48.5 Å². The highest BCUT2D eigenvalue weighted by Gasteiger charge is 2.61. The molecule has 0 radical (unpaired) electrons. The molecule has 0 heterocycles. The van der Waals surface area contributed by atoms with Crippen LogP contribution in [0.5, 0.6) is 0 Å². The van der Waals surface area contributed by atoms with Crippen LogP contribution in [0.25, 0.3) is 0 Å². The minimum Gasteiger partial charge on any atom is -0.446 e. The lowest BCUT2D eigenvalue weighted by Gasteiger charge is -2.60. The van der Waals surface area contributed by atoms with Crippen molar-refractivity contribution >= 4 is 37.1 Å². The largest absolute Gasteiger partial charge is 0.469 e. The summed E-state index contributed by atoms with van der Waals surface area (Å²) in [6, 6.07) is 0. The van der Waals surface area contributed by atoms with Gasteiger partial charge in [-0.05, 0) is 92.3 Å². The monoisotopic (exact) mass is 539 g/mol. The van der Waals surface area contributed by atoms with Gasteiger partial charge in [-0.3, -0.25) is 4.52 Å². The van der Waals surface area contributed by atoms with Crippen LogP contribution in [-0.2, 0) is 13.8 Å². The Morgan fingerprint density at radius 2 is 1.62 bits per heavy atom. The summed E-state index contributed by atoms with van der Waals surface area (Å²) in [6.45, 7) is 5.52. The lowest BCUT2D eigenvalue weighted by atomic mass is 9.45. The van der Waals surface area contributed by atoms with Crippen LogP contribution in [0.3, 0.4) is 0 Å². The summed E-state index contributed by atoms with van der Waals surface area (Å²) < 4.78 is 22.8. The van der Waals surface area contributed by atoms with Crippen molar-refractivity contribution in [2.24, 2.45) is 34.5 Å². The first-order valence-electron chi connectivity index (χ1n) is 12.8. The average molecular weight is 540 g/mol. The molecule has 7 nitrogen and oxygen atoms in total. The van der Waals surface area contributed by atoms with Gasteiger partial charge in [-0.15, -0.1) is 23.2 Å². The van der Waals surface area contributed by atoms with Gasteiger partial charge in [0.25, 0.3) is 0 Å². The molecular formula is C24H40Cl2NO6P. The van der Waals surface area contributed by atoms with Crippen molar-refractivity contribution in [3.05, 3.63) is 0 Å². The van der Waals surface area contributed by atoms with Gasteiger partial charge >= 0.3 is 13.9 Å². The fraction of sp³-hybridized carbons (Fsp3) is 0.958. The Labute approximate surface area is 213 Å². The van der Waals surface area contributed by atoms with E-state index in [0.717, 1.165) is 57.8 Å². The Morgan fingerprint density at radius 3 is 2.26 bits per heavy atom. The highest BCUT2D eigenvalue weighted by atomic mass is 35.5. The first-order valence-corrected chi connectivity index (χ1v) is 15.4. The van der Waals surface area contributed by atoms with Gasteiger partial charge in [0.15, 0.2) is 0 Å². The first kappa shape index (κ1) is 27.0. The maximum atomic E-state index is 12.7. The summed E-state index contributed by atoms with van der Waals surface area (Å²) >= 11 is 11.7. The lowest BCUT2D eigenvalue weighted by molar-refractivity contribution is -0.134. The Morgan fingerprint density at radius 1 is 0.971 bits per heavy atom. The predicted molar refractivity (Wildman–Crippen MR) is 132 cm³/mol. The quantitative estimate of drug-likeness (QED) is 0.314. The smallest absolute Gasteiger partial charge is 0.446 e. The number of carbonyl (C=O) groups excluding carboxylic acids is 1. The second-order valence-electron chi connectivity index (χ2n) is 11.5. The van der Waals surface area contributed by atoms with Gasteiger partial charge in [0.2, 0.25) is 0 Å². The molecule has 196 valence electrons. The summed E-state index contributed by atoms with van der Waals surface area (Å²) in [5.74, 6) is 2.89. The van der Waals surface area contributed by atoms with Crippen molar-refractivity contribution in [3.63, 3.8) is 0 Å². The zero-order valence-electron chi connectivity index (χ0n) is 20.3. The summed E-state index contributed by atoms with van der Waals surface area (Å²) in [6.07, 6.45) is 8.12. The van der Waals surface area contributed by atoms with E-state index in [1.54, 1.807) is 4.90 Å². The Hall–Kier alpha value is -0.0400. The van der Waals surface area contributed by atoms with Crippen molar-refractivity contribution in [2.45, 2.75) is 83.8 Å². The maximum absolute atomic E-state index is 12.7. The summed E-state index contributed by atoms with van der Waals surface area (Å²) in [5.41, 5.74) is 0.0633. The van der Waals surface area contributed by atoms with E-state index in [1.807, 2.05) is 0 Å². The molecule has 0 aromatic carbocycles. The number of carbonyl (C=O) groups is 1. The molecule has 10 heteroatoms. The van der Waals surface area contributed by atoms with Gasteiger partial charge in [0.05, 0.1) is 6.10 Å². The van der Waals surface area contributed by atoms with E-state index >= 15 is 0 Å². The number of phosphoric ester groups is 1. The van der Waals surface area contributed by atoms with Crippen molar-refractivity contribution in [1.82, 2.24) is 4.90 Å². The van der Waals surface area contributed by atoms with Crippen molar-refractivity contribution in [3.8, 4) is 0 Å². The van der Waals surface area contributed by atoms with Gasteiger partial charge in [0, 0.05) is 24.8 Å². The number of phosphoric acid groups is 1. The van der Waals surface area contributed by atoms with Crippen LogP contribution >= 0.6 is 31.0 Å². The molecule has 0 spiro atoms. The van der Waals surface area contributed by atoms with E-state index in [1.165, 1.54) is 0 Å².